The Kier molecular flexibility index (Phi) is 8.80. The van der Waals surface area contributed by atoms with Crippen LogP contribution in [0.3, 0.4) is 0 Å². The van der Waals surface area contributed by atoms with Crippen LogP contribution in [0.5, 0.6) is 5.75 Å². The van der Waals surface area contributed by atoms with E-state index in [2.05, 4.69) is 16.1 Å². The number of rotatable bonds is 4. The fourth-order valence-corrected chi connectivity index (χ4v) is 1.32. The number of nitrogens with zero attached hydrogens (tertiary/aromatic N) is 2. The van der Waals surface area contributed by atoms with Gasteiger partial charge in [0.2, 0.25) is 0 Å². The average molecular weight is 328 g/mol. The van der Waals surface area contributed by atoms with Gasteiger partial charge in [-0.25, -0.2) is 0 Å². The first-order valence-electron chi connectivity index (χ1n) is 4.83. The van der Waals surface area contributed by atoms with E-state index in [1.165, 1.54) is 11.8 Å². The van der Waals surface area contributed by atoms with Crippen molar-refractivity contribution in [3.8, 4) is 18.1 Å². The Morgan fingerprint density at radius 3 is 2.72 bits per heavy atom. The zero-order valence-electron chi connectivity index (χ0n) is 9.87. The highest BCUT2D eigenvalue weighted by Crippen LogP contribution is 2.09. The van der Waals surface area contributed by atoms with Gasteiger partial charge < -0.3 is 10.5 Å². The Labute approximate surface area is 121 Å². The minimum Gasteiger partial charge on any atom is -0.497 e. The molecule has 18 heavy (non-hydrogen) atoms. The normalized spacial score (nSPS) is 10.8. The Bertz CT molecular complexity index is 451. The minimum absolute atomic E-state index is 0. The molecular weight excluding hydrogens is 314 g/mol. The largest absolute Gasteiger partial charge is 0.497 e. The maximum atomic E-state index is 5.55. The van der Waals surface area contributed by atoms with Crippen LogP contribution in [0.2, 0.25) is 0 Å². The standard InChI is InChI=1S/C12H13N3OS.BrH/c1-3-8-17-12(13)15-14-9-10-4-6-11(16-2)7-5-10;/h1,4-7,9H,8H2,2H3,(H2,13,15);1H/b14-9+;. The highest BCUT2D eigenvalue weighted by atomic mass is 79.9. The van der Waals surface area contributed by atoms with E-state index in [9.17, 15) is 0 Å². The summed E-state index contributed by atoms with van der Waals surface area (Å²) in [5.41, 5.74) is 6.47. The number of amidine groups is 1. The molecule has 2 N–H and O–H groups in total. The maximum absolute atomic E-state index is 5.55. The first-order valence-corrected chi connectivity index (χ1v) is 5.81. The first kappa shape index (κ1) is 16.6. The van der Waals surface area contributed by atoms with E-state index in [0.29, 0.717) is 10.9 Å². The molecule has 0 saturated heterocycles. The summed E-state index contributed by atoms with van der Waals surface area (Å²) in [4.78, 5) is 0. The van der Waals surface area contributed by atoms with E-state index in [4.69, 9.17) is 16.9 Å². The molecule has 0 bridgehead atoms. The lowest BCUT2D eigenvalue weighted by molar-refractivity contribution is 0.415. The fourth-order valence-electron chi connectivity index (χ4n) is 0.987. The smallest absolute Gasteiger partial charge is 0.181 e. The Hall–Kier alpha value is -1.45. The summed E-state index contributed by atoms with van der Waals surface area (Å²) in [6.07, 6.45) is 6.71. The number of thioether (sulfide) groups is 1. The van der Waals surface area contributed by atoms with Crippen LogP contribution in [0.15, 0.2) is 34.5 Å². The van der Waals surface area contributed by atoms with Crippen molar-refractivity contribution in [1.82, 2.24) is 0 Å². The number of terminal acetylenes is 1. The number of hydrogen-bond acceptors (Lipinski definition) is 4. The Morgan fingerprint density at radius 1 is 1.50 bits per heavy atom. The van der Waals surface area contributed by atoms with E-state index in [1.54, 1.807) is 13.3 Å². The molecule has 1 rings (SSSR count). The van der Waals surface area contributed by atoms with Gasteiger partial charge in [-0.05, 0) is 29.8 Å². The van der Waals surface area contributed by atoms with Gasteiger partial charge in [0, 0.05) is 0 Å². The molecule has 0 heterocycles. The van der Waals surface area contributed by atoms with E-state index >= 15 is 0 Å². The molecule has 0 spiro atoms. The molecule has 0 aliphatic rings. The lowest BCUT2D eigenvalue weighted by Gasteiger charge is -1.98. The molecule has 6 heteroatoms. The zero-order valence-corrected chi connectivity index (χ0v) is 12.4. The summed E-state index contributed by atoms with van der Waals surface area (Å²) in [5.74, 6) is 3.75. The lowest BCUT2D eigenvalue weighted by atomic mass is 10.2. The molecule has 0 unspecified atom stereocenters. The van der Waals surface area contributed by atoms with Gasteiger partial charge in [0.15, 0.2) is 5.17 Å². The molecule has 0 atom stereocenters. The molecule has 4 nitrogen and oxygen atoms in total. The quantitative estimate of drug-likeness (QED) is 0.399. The molecule has 0 aliphatic carbocycles. The number of halogens is 1. The van der Waals surface area contributed by atoms with Crippen LogP contribution >= 0.6 is 28.7 Å². The Balaban J connectivity index is 0.00000289. The van der Waals surface area contributed by atoms with E-state index < -0.39 is 0 Å². The van der Waals surface area contributed by atoms with Crippen molar-refractivity contribution in [1.29, 1.82) is 0 Å². The van der Waals surface area contributed by atoms with E-state index in [-0.39, 0.29) is 17.0 Å². The second kappa shape index (κ2) is 9.57. The molecule has 1 aromatic rings. The molecule has 0 amide bonds. The zero-order chi connectivity index (χ0) is 12.5. The third-order valence-corrected chi connectivity index (χ3v) is 2.47. The number of hydrogen-bond donors (Lipinski definition) is 1. The molecule has 0 saturated carbocycles. The third-order valence-electron chi connectivity index (χ3n) is 1.78. The van der Waals surface area contributed by atoms with Crippen molar-refractivity contribution in [3.05, 3.63) is 29.8 Å². The number of nitrogens with two attached hydrogens (primary N) is 1. The minimum atomic E-state index is 0. The summed E-state index contributed by atoms with van der Waals surface area (Å²) in [7, 11) is 1.62. The van der Waals surface area contributed by atoms with Gasteiger partial charge in [-0.15, -0.1) is 28.5 Å². The average Bonchev–Trinajstić information content (AvgIpc) is 2.37. The van der Waals surface area contributed by atoms with Gasteiger partial charge in [0.1, 0.15) is 5.75 Å². The molecule has 0 aromatic heterocycles. The SMILES string of the molecule is Br.C#CCS/C(N)=N/N=C/c1ccc(OC)cc1. The predicted molar refractivity (Wildman–Crippen MR) is 83.8 cm³/mol. The summed E-state index contributed by atoms with van der Waals surface area (Å²) in [5, 5.41) is 8.01. The Morgan fingerprint density at radius 2 is 2.17 bits per heavy atom. The van der Waals surface area contributed by atoms with Gasteiger partial charge >= 0.3 is 0 Å². The van der Waals surface area contributed by atoms with Gasteiger partial charge in [-0.3, -0.25) is 0 Å². The maximum Gasteiger partial charge on any atom is 0.181 e. The molecule has 0 fully saturated rings. The monoisotopic (exact) mass is 327 g/mol. The van der Waals surface area contributed by atoms with Crippen LogP contribution in [0, 0.1) is 12.3 Å². The number of methoxy groups -OCH3 is 1. The summed E-state index contributed by atoms with van der Waals surface area (Å²) >= 11 is 1.28. The van der Waals surface area contributed by atoms with Crippen LogP contribution in [-0.4, -0.2) is 24.2 Å². The first-order chi connectivity index (χ1) is 8.26. The number of benzene rings is 1. The highest BCUT2D eigenvalue weighted by molar-refractivity contribution is 8.93. The molecule has 0 radical (unpaired) electrons. The summed E-state index contributed by atoms with van der Waals surface area (Å²) in [6, 6.07) is 7.45. The van der Waals surface area contributed by atoms with Gasteiger partial charge in [0.25, 0.3) is 0 Å². The highest BCUT2D eigenvalue weighted by Gasteiger charge is 1.91. The summed E-state index contributed by atoms with van der Waals surface area (Å²) in [6.45, 7) is 0. The van der Waals surface area contributed by atoms with Gasteiger partial charge in [-0.1, -0.05) is 17.7 Å². The van der Waals surface area contributed by atoms with Crippen molar-refractivity contribution < 1.29 is 4.74 Å². The third kappa shape index (κ3) is 6.33. The van der Waals surface area contributed by atoms with Crippen LogP contribution in [0.1, 0.15) is 5.56 Å². The van der Waals surface area contributed by atoms with Crippen molar-refractivity contribution in [2.75, 3.05) is 12.9 Å². The van der Waals surface area contributed by atoms with Crippen LogP contribution in [0.25, 0.3) is 0 Å². The molecular formula is C12H14BrN3OS. The predicted octanol–water partition coefficient (Wildman–Crippen LogP) is 2.29. The molecule has 0 aliphatic heterocycles. The lowest BCUT2D eigenvalue weighted by Crippen LogP contribution is -2.05. The van der Waals surface area contributed by atoms with Gasteiger partial charge in [-0.2, -0.15) is 5.10 Å². The van der Waals surface area contributed by atoms with Crippen molar-refractivity contribution in [3.63, 3.8) is 0 Å². The van der Waals surface area contributed by atoms with Gasteiger partial charge in [0.05, 0.1) is 19.1 Å². The topological polar surface area (TPSA) is 60.0 Å². The van der Waals surface area contributed by atoms with Crippen LogP contribution in [-0.2, 0) is 0 Å². The molecule has 1 aromatic carbocycles. The number of ether oxygens (including phenoxy) is 1. The second-order valence-corrected chi connectivity index (χ2v) is 3.94. The van der Waals surface area contributed by atoms with Crippen molar-refractivity contribution in [2.24, 2.45) is 15.9 Å². The molecule has 96 valence electrons. The fraction of sp³-hybridized carbons (Fsp3) is 0.167. The van der Waals surface area contributed by atoms with Crippen molar-refractivity contribution >= 4 is 40.1 Å². The van der Waals surface area contributed by atoms with E-state index in [0.717, 1.165) is 11.3 Å². The second-order valence-electron chi connectivity index (χ2n) is 2.95. The summed E-state index contributed by atoms with van der Waals surface area (Å²) < 4.78 is 5.04. The van der Waals surface area contributed by atoms with Crippen LogP contribution < -0.4 is 10.5 Å². The van der Waals surface area contributed by atoms with Crippen molar-refractivity contribution in [2.45, 2.75) is 0 Å². The van der Waals surface area contributed by atoms with Crippen LogP contribution in [0.4, 0.5) is 0 Å². The van der Waals surface area contributed by atoms with E-state index in [1.807, 2.05) is 24.3 Å².